The lowest BCUT2D eigenvalue weighted by Crippen LogP contribution is -2.33. The summed E-state index contributed by atoms with van der Waals surface area (Å²) in [6.45, 7) is 2.09. The number of rotatable bonds is 7. The standard InChI is InChI=1S/C14H17FN2O2/c1-2-11(10-16)17-14(18)8-5-9-19-13-7-4-3-6-12(13)15/h3-4,6-7,11H,2,5,8-9H2,1H3,(H,17,18). The normalized spacial score (nSPS) is 11.4. The van der Waals surface area contributed by atoms with Crippen LogP contribution in [0.2, 0.25) is 0 Å². The van der Waals surface area contributed by atoms with E-state index in [1.54, 1.807) is 12.1 Å². The smallest absolute Gasteiger partial charge is 0.221 e. The first kappa shape index (κ1) is 15.0. The molecule has 0 aliphatic heterocycles. The summed E-state index contributed by atoms with van der Waals surface area (Å²) in [7, 11) is 0. The molecular weight excluding hydrogens is 247 g/mol. The van der Waals surface area contributed by atoms with Gasteiger partial charge < -0.3 is 10.1 Å². The van der Waals surface area contributed by atoms with Gasteiger partial charge in [-0.15, -0.1) is 0 Å². The molecule has 0 heterocycles. The number of hydrogen-bond donors (Lipinski definition) is 1. The molecule has 1 aromatic rings. The molecule has 1 aromatic carbocycles. The van der Waals surface area contributed by atoms with Crippen LogP contribution in [0.15, 0.2) is 24.3 Å². The fourth-order valence-corrected chi connectivity index (χ4v) is 1.47. The van der Waals surface area contributed by atoms with Gasteiger partial charge in [-0.2, -0.15) is 5.26 Å². The van der Waals surface area contributed by atoms with Gasteiger partial charge in [-0.05, 0) is 25.0 Å². The Labute approximate surface area is 112 Å². The predicted octanol–water partition coefficient (Wildman–Crippen LogP) is 2.40. The third-order valence-corrected chi connectivity index (χ3v) is 2.54. The Kier molecular flexibility index (Phi) is 6.37. The molecule has 19 heavy (non-hydrogen) atoms. The Morgan fingerprint density at radius 2 is 2.26 bits per heavy atom. The largest absolute Gasteiger partial charge is 0.491 e. The number of carbonyl (C=O) groups excluding carboxylic acids is 1. The van der Waals surface area contributed by atoms with Crippen LogP contribution in [0, 0.1) is 17.1 Å². The second-order valence-corrected chi connectivity index (χ2v) is 4.04. The lowest BCUT2D eigenvalue weighted by molar-refractivity contribution is -0.121. The first-order valence-electron chi connectivity index (χ1n) is 6.23. The number of para-hydroxylation sites is 1. The van der Waals surface area contributed by atoms with Crippen LogP contribution in [-0.2, 0) is 4.79 Å². The molecule has 0 aliphatic rings. The minimum Gasteiger partial charge on any atom is -0.491 e. The second-order valence-electron chi connectivity index (χ2n) is 4.04. The van der Waals surface area contributed by atoms with Gasteiger partial charge in [0.2, 0.25) is 5.91 Å². The topological polar surface area (TPSA) is 62.1 Å². The minimum atomic E-state index is -0.444. The zero-order valence-electron chi connectivity index (χ0n) is 10.9. The molecule has 1 amide bonds. The van der Waals surface area contributed by atoms with Gasteiger partial charge in [0.1, 0.15) is 6.04 Å². The van der Waals surface area contributed by atoms with E-state index in [1.807, 2.05) is 13.0 Å². The third-order valence-electron chi connectivity index (χ3n) is 2.54. The zero-order chi connectivity index (χ0) is 14.1. The molecule has 0 fully saturated rings. The molecule has 1 atom stereocenters. The Balaban J connectivity index is 2.23. The van der Waals surface area contributed by atoms with Crippen molar-refractivity contribution >= 4 is 5.91 Å². The molecule has 1 rings (SSSR count). The van der Waals surface area contributed by atoms with E-state index in [2.05, 4.69) is 5.32 Å². The van der Waals surface area contributed by atoms with Crippen LogP contribution in [0.1, 0.15) is 26.2 Å². The molecule has 5 heteroatoms. The monoisotopic (exact) mass is 264 g/mol. The van der Waals surface area contributed by atoms with Gasteiger partial charge in [0.15, 0.2) is 11.6 Å². The predicted molar refractivity (Wildman–Crippen MR) is 69.0 cm³/mol. The van der Waals surface area contributed by atoms with E-state index in [9.17, 15) is 9.18 Å². The van der Waals surface area contributed by atoms with Crippen molar-refractivity contribution in [3.63, 3.8) is 0 Å². The fraction of sp³-hybridized carbons (Fsp3) is 0.429. The molecule has 0 spiro atoms. The van der Waals surface area contributed by atoms with Crippen molar-refractivity contribution in [2.24, 2.45) is 0 Å². The quantitative estimate of drug-likeness (QED) is 0.769. The summed E-state index contributed by atoms with van der Waals surface area (Å²) in [6, 6.07) is 7.68. The molecule has 0 radical (unpaired) electrons. The summed E-state index contributed by atoms with van der Waals surface area (Å²) in [5.74, 6) is -0.417. The van der Waals surface area contributed by atoms with Crippen molar-refractivity contribution in [1.29, 1.82) is 5.26 Å². The summed E-state index contributed by atoms with van der Waals surface area (Å²) in [6.07, 6.45) is 1.31. The van der Waals surface area contributed by atoms with E-state index in [0.29, 0.717) is 12.8 Å². The maximum absolute atomic E-state index is 13.2. The van der Waals surface area contributed by atoms with E-state index in [4.69, 9.17) is 10.00 Å². The fourth-order valence-electron chi connectivity index (χ4n) is 1.47. The average Bonchev–Trinajstić information content (AvgIpc) is 2.42. The number of nitrogens with zero attached hydrogens (tertiary/aromatic N) is 1. The zero-order valence-corrected chi connectivity index (χ0v) is 10.9. The van der Waals surface area contributed by atoms with Crippen LogP contribution in [0.3, 0.4) is 0 Å². The summed E-state index contributed by atoms with van der Waals surface area (Å²) in [5, 5.41) is 11.3. The first-order chi connectivity index (χ1) is 9.17. The highest BCUT2D eigenvalue weighted by molar-refractivity contribution is 5.76. The van der Waals surface area contributed by atoms with Gasteiger partial charge in [-0.25, -0.2) is 4.39 Å². The second kappa shape index (κ2) is 8.09. The summed E-state index contributed by atoms with van der Waals surface area (Å²) in [5.41, 5.74) is 0. The van der Waals surface area contributed by atoms with Crippen LogP contribution in [0.5, 0.6) is 5.75 Å². The molecule has 0 saturated heterocycles. The van der Waals surface area contributed by atoms with E-state index >= 15 is 0 Å². The molecule has 4 nitrogen and oxygen atoms in total. The van der Waals surface area contributed by atoms with Crippen LogP contribution in [-0.4, -0.2) is 18.6 Å². The summed E-state index contributed by atoms with van der Waals surface area (Å²) < 4.78 is 18.4. The molecule has 1 N–H and O–H groups in total. The van der Waals surface area contributed by atoms with Crippen molar-refractivity contribution in [2.45, 2.75) is 32.2 Å². The van der Waals surface area contributed by atoms with Crippen molar-refractivity contribution in [3.05, 3.63) is 30.1 Å². The van der Waals surface area contributed by atoms with Crippen molar-refractivity contribution in [2.75, 3.05) is 6.61 Å². The Morgan fingerprint density at radius 1 is 1.53 bits per heavy atom. The van der Waals surface area contributed by atoms with Gasteiger partial charge in [0.25, 0.3) is 0 Å². The van der Waals surface area contributed by atoms with Crippen LogP contribution in [0.4, 0.5) is 4.39 Å². The molecule has 0 saturated carbocycles. The van der Waals surface area contributed by atoms with Crippen LogP contribution < -0.4 is 10.1 Å². The van der Waals surface area contributed by atoms with Crippen molar-refractivity contribution < 1.29 is 13.9 Å². The minimum absolute atomic E-state index is 0.186. The first-order valence-corrected chi connectivity index (χ1v) is 6.23. The van der Waals surface area contributed by atoms with Crippen molar-refractivity contribution in [1.82, 2.24) is 5.32 Å². The Bertz CT molecular complexity index is 457. The number of ether oxygens (including phenoxy) is 1. The number of carbonyl (C=O) groups is 1. The van der Waals surface area contributed by atoms with E-state index in [1.165, 1.54) is 12.1 Å². The number of nitriles is 1. The van der Waals surface area contributed by atoms with E-state index in [0.717, 1.165) is 0 Å². The van der Waals surface area contributed by atoms with Gasteiger partial charge in [0, 0.05) is 6.42 Å². The summed E-state index contributed by atoms with van der Waals surface area (Å²) >= 11 is 0. The molecule has 1 unspecified atom stereocenters. The van der Waals surface area contributed by atoms with Crippen molar-refractivity contribution in [3.8, 4) is 11.8 Å². The average molecular weight is 264 g/mol. The van der Waals surface area contributed by atoms with Gasteiger partial charge in [-0.3, -0.25) is 4.79 Å². The lowest BCUT2D eigenvalue weighted by atomic mass is 10.2. The Hall–Kier alpha value is -2.09. The van der Waals surface area contributed by atoms with E-state index < -0.39 is 11.9 Å². The third kappa shape index (κ3) is 5.38. The van der Waals surface area contributed by atoms with Crippen LogP contribution in [0.25, 0.3) is 0 Å². The van der Waals surface area contributed by atoms with E-state index in [-0.39, 0.29) is 24.7 Å². The molecule has 102 valence electrons. The number of hydrogen-bond acceptors (Lipinski definition) is 3. The molecular formula is C14H17FN2O2. The lowest BCUT2D eigenvalue weighted by Gasteiger charge is -2.09. The van der Waals surface area contributed by atoms with Crippen LogP contribution >= 0.6 is 0 Å². The van der Waals surface area contributed by atoms with Gasteiger partial charge in [-0.1, -0.05) is 19.1 Å². The molecule has 0 aliphatic carbocycles. The maximum atomic E-state index is 13.2. The van der Waals surface area contributed by atoms with Gasteiger partial charge in [0.05, 0.1) is 12.7 Å². The summed E-state index contributed by atoms with van der Waals surface area (Å²) in [4.78, 5) is 11.5. The number of benzene rings is 1. The highest BCUT2D eigenvalue weighted by atomic mass is 19.1. The SMILES string of the molecule is CCC(C#N)NC(=O)CCCOc1ccccc1F. The molecule has 0 aromatic heterocycles. The number of nitrogens with one attached hydrogen (secondary N) is 1. The maximum Gasteiger partial charge on any atom is 0.221 e. The van der Waals surface area contributed by atoms with Gasteiger partial charge >= 0.3 is 0 Å². The number of amides is 1. The highest BCUT2D eigenvalue weighted by Crippen LogP contribution is 2.15. The molecule has 0 bridgehead atoms. The highest BCUT2D eigenvalue weighted by Gasteiger charge is 2.08. The Morgan fingerprint density at radius 3 is 2.89 bits per heavy atom. The number of halogens is 1.